The second-order valence-electron chi connectivity index (χ2n) is 5.49. The maximum atomic E-state index is 12.1. The number of amides is 1. The van der Waals surface area contributed by atoms with Crippen molar-refractivity contribution < 1.29 is 14.3 Å². The minimum Gasteiger partial charge on any atom is -0.494 e. The van der Waals surface area contributed by atoms with Crippen molar-refractivity contribution >= 4 is 21.8 Å². The van der Waals surface area contributed by atoms with Crippen LogP contribution in [0.15, 0.2) is 46.9 Å². The zero-order valence-electron chi connectivity index (χ0n) is 14.1. The van der Waals surface area contributed by atoms with Gasteiger partial charge in [-0.3, -0.25) is 4.79 Å². The number of carbonyl (C=O) groups excluding carboxylic acids is 1. The largest absolute Gasteiger partial charge is 0.494 e. The molecule has 0 fully saturated rings. The van der Waals surface area contributed by atoms with E-state index >= 15 is 0 Å². The van der Waals surface area contributed by atoms with E-state index in [0.29, 0.717) is 12.4 Å². The summed E-state index contributed by atoms with van der Waals surface area (Å²) >= 11 is 3.44. The van der Waals surface area contributed by atoms with Crippen molar-refractivity contribution in [2.75, 3.05) is 13.2 Å². The molecule has 2 aromatic rings. The van der Waals surface area contributed by atoms with Crippen molar-refractivity contribution in [3.05, 3.63) is 58.1 Å². The van der Waals surface area contributed by atoms with E-state index in [9.17, 15) is 4.79 Å². The number of halogens is 1. The van der Waals surface area contributed by atoms with Gasteiger partial charge in [0.1, 0.15) is 11.5 Å². The lowest BCUT2D eigenvalue weighted by Gasteiger charge is -2.15. The zero-order chi connectivity index (χ0) is 17.5. The van der Waals surface area contributed by atoms with Crippen LogP contribution in [0.4, 0.5) is 0 Å². The first-order chi connectivity index (χ1) is 11.5. The molecule has 0 aliphatic rings. The van der Waals surface area contributed by atoms with Gasteiger partial charge in [-0.15, -0.1) is 0 Å². The van der Waals surface area contributed by atoms with Crippen molar-refractivity contribution in [3.63, 3.8) is 0 Å². The van der Waals surface area contributed by atoms with E-state index in [1.165, 1.54) is 0 Å². The minimum absolute atomic E-state index is 0.0115. The van der Waals surface area contributed by atoms with E-state index in [0.717, 1.165) is 21.3 Å². The molecule has 1 amide bonds. The predicted molar refractivity (Wildman–Crippen MR) is 98.5 cm³/mol. The number of aryl methyl sites for hydroxylation is 1. The number of carbonyl (C=O) groups is 1. The second kappa shape index (κ2) is 8.73. The summed E-state index contributed by atoms with van der Waals surface area (Å²) in [5, 5.41) is 2.93. The van der Waals surface area contributed by atoms with Crippen LogP contribution in [0, 0.1) is 6.92 Å². The van der Waals surface area contributed by atoms with E-state index < -0.39 is 0 Å². The van der Waals surface area contributed by atoms with Gasteiger partial charge in [0.15, 0.2) is 6.61 Å². The molecule has 0 radical (unpaired) electrons. The molecule has 1 N–H and O–H groups in total. The summed E-state index contributed by atoms with van der Waals surface area (Å²) in [6, 6.07) is 13.3. The molecule has 5 heteroatoms. The topological polar surface area (TPSA) is 47.6 Å². The number of ether oxygens (including phenoxy) is 2. The predicted octanol–water partition coefficient (Wildman–Crippen LogP) is 4.41. The molecule has 0 spiro atoms. The molecule has 4 nitrogen and oxygen atoms in total. The molecular weight excluding hydrogens is 370 g/mol. The molecular formula is C19H22BrNO3. The van der Waals surface area contributed by atoms with Gasteiger partial charge in [-0.1, -0.05) is 28.1 Å². The summed E-state index contributed by atoms with van der Waals surface area (Å²) in [6.07, 6.45) is 0. The first-order valence-electron chi connectivity index (χ1n) is 7.90. The molecule has 0 aliphatic heterocycles. The molecule has 0 bridgehead atoms. The Morgan fingerprint density at radius 2 is 1.79 bits per heavy atom. The summed E-state index contributed by atoms with van der Waals surface area (Å²) < 4.78 is 12.0. The Hall–Kier alpha value is -2.01. The van der Waals surface area contributed by atoms with Crippen LogP contribution >= 0.6 is 15.9 Å². The molecule has 24 heavy (non-hydrogen) atoms. The van der Waals surface area contributed by atoms with Crippen LogP contribution < -0.4 is 14.8 Å². The fourth-order valence-corrected chi connectivity index (χ4v) is 2.49. The number of hydrogen-bond acceptors (Lipinski definition) is 3. The molecule has 128 valence electrons. The molecule has 0 saturated carbocycles. The maximum Gasteiger partial charge on any atom is 0.258 e. The Labute approximate surface area is 151 Å². The van der Waals surface area contributed by atoms with Gasteiger partial charge in [-0.25, -0.2) is 0 Å². The highest BCUT2D eigenvalue weighted by Crippen LogP contribution is 2.21. The van der Waals surface area contributed by atoms with E-state index in [4.69, 9.17) is 9.47 Å². The molecule has 2 aromatic carbocycles. The average molecular weight is 392 g/mol. The molecule has 0 saturated heterocycles. The Balaban J connectivity index is 1.85. The summed E-state index contributed by atoms with van der Waals surface area (Å²) in [7, 11) is 0. The normalized spacial score (nSPS) is 11.7. The van der Waals surface area contributed by atoms with Crippen molar-refractivity contribution in [1.82, 2.24) is 5.32 Å². The summed E-state index contributed by atoms with van der Waals surface area (Å²) in [5.41, 5.74) is 2.09. The summed E-state index contributed by atoms with van der Waals surface area (Å²) in [6.45, 7) is 6.49. The third-order valence-corrected chi connectivity index (χ3v) is 4.46. The molecule has 0 aliphatic carbocycles. The third-order valence-electron chi connectivity index (χ3n) is 3.57. The quantitative estimate of drug-likeness (QED) is 0.759. The Bertz CT molecular complexity index is 686. The van der Waals surface area contributed by atoms with Gasteiger partial charge in [0, 0.05) is 4.47 Å². The first kappa shape index (κ1) is 18.3. The molecule has 0 heterocycles. The Morgan fingerprint density at radius 1 is 1.12 bits per heavy atom. The maximum absolute atomic E-state index is 12.1. The second-order valence-corrected chi connectivity index (χ2v) is 6.35. The lowest BCUT2D eigenvalue weighted by atomic mass is 10.1. The molecule has 0 aromatic heterocycles. The van der Waals surface area contributed by atoms with Crippen LogP contribution in [0.1, 0.15) is 31.0 Å². The molecule has 2 rings (SSSR count). The zero-order valence-corrected chi connectivity index (χ0v) is 15.7. The highest BCUT2D eigenvalue weighted by Gasteiger charge is 2.10. The lowest BCUT2D eigenvalue weighted by Crippen LogP contribution is -2.31. The summed E-state index contributed by atoms with van der Waals surface area (Å²) in [4.78, 5) is 12.1. The molecule has 0 unspecified atom stereocenters. The fraction of sp³-hybridized carbons (Fsp3) is 0.316. The Morgan fingerprint density at radius 3 is 2.42 bits per heavy atom. The van der Waals surface area contributed by atoms with Gasteiger partial charge in [-0.2, -0.15) is 0 Å². The van der Waals surface area contributed by atoms with Crippen molar-refractivity contribution in [2.24, 2.45) is 0 Å². The van der Waals surface area contributed by atoms with Crippen molar-refractivity contribution in [3.8, 4) is 11.5 Å². The average Bonchev–Trinajstić information content (AvgIpc) is 2.57. The van der Waals surface area contributed by atoms with E-state index in [-0.39, 0.29) is 18.6 Å². The van der Waals surface area contributed by atoms with Crippen LogP contribution in [0.5, 0.6) is 11.5 Å². The van der Waals surface area contributed by atoms with Crippen LogP contribution in [0.2, 0.25) is 0 Å². The summed E-state index contributed by atoms with van der Waals surface area (Å²) in [5.74, 6) is 1.35. The number of nitrogens with one attached hydrogen (secondary N) is 1. The van der Waals surface area contributed by atoms with Crippen molar-refractivity contribution in [1.29, 1.82) is 0 Å². The van der Waals surface area contributed by atoms with Crippen LogP contribution in [0.3, 0.4) is 0 Å². The highest BCUT2D eigenvalue weighted by molar-refractivity contribution is 9.10. The van der Waals surface area contributed by atoms with Gasteiger partial charge in [-0.05, 0) is 62.2 Å². The number of rotatable bonds is 7. The van der Waals surface area contributed by atoms with Crippen LogP contribution in [-0.2, 0) is 4.79 Å². The van der Waals surface area contributed by atoms with Gasteiger partial charge in [0.05, 0.1) is 12.6 Å². The third kappa shape index (κ3) is 5.27. The monoisotopic (exact) mass is 391 g/mol. The smallest absolute Gasteiger partial charge is 0.258 e. The van der Waals surface area contributed by atoms with E-state index in [1.807, 2.05) is 63.2 Å². The lowest BCUT2D eigenvalue weighted by molar-refractivity contribution is -0.123. The SMILES string of the molecule is CCOc1ccc([C@H](C)NC(=O)COc2ccc(Br)c(C)c2)cc1. The highest BCUT2D eigenvalue weighted by atomic mass is 79.9. The van der Waals surface area contributed by atoms with E-state index in [2.05, 4.69) is 21.2 Å². The fourth-order valence-electron chi connectivity index (χ4n) is 2.24. The van der Waals surface area contributed by atoms with Gasteiger partial charge in [0.2, 0.25) is 0 Å². The first-order valence-corrected chi connectivity index (χ1v) is 8.70. The number of benzene rings is 2. The number of hydrogen-bond donors (Lipinski definition) is 1. The molecule has 1 atom stereocenters. The van der Waals surface area contributed by atoms with Crippen LogP contribution in [0.25, 0.3) is 0 Å². The van der Waals surface area contributed by atoms with Crippen LogP contribution in [-0.4, -0.2) is 19.1 Å². The van der Waals surface area contributed by atoms with Gasteiger partial charge >= 0.3 is 0 Å². The Kier molecular flexibility index (Phi) is 6.67. The minimum atomic E-state index is -0.156. The van der Waals surface area contributed by atoms with Crippen molar-refractivity contribution in [2.45, 2.75) is 26.8 Å². The standard InChI is InChI=1S/C19H22BrNO3/c1-4-23-16-7-5-15(6-8-16)14(3)21-19(22)12-24-17-9-10-18(20)13(2)11-17/h5-11,14H,4,12H2,1-3H3,(H,21,22)/t14-/m0/s1. The van der Waals surface area contributed by atoms with E-state index in [1.54, 1.807) is 0 Å². The van der Waals surface area contributed by atoms with Gasteiger partial charge in [0.25, 0.3) is 5.91 Å². The van der Waals surface area contributed by atoms with Gasteiger partial charge < -0.3 is 14.8 Å².